The molecule has 240 valence electrons. The van der Waals surface area contributed by atoms with Crippen LogP contribution in [0, 0.1) is 34.7 Å². The van der Waals surface area contributed by atoms with Crippen molar-refractivity contribution in [2.45, 2.75) is 39.8 Å². The Bertz CT molecular complexity index is 1960. The number of piperazine rings is 1. The Morgan fingerprint density at radius 1 is 1.24 bits per heavy atom. The zero-order chi connectivity index (χ0) is 33.8. The van der Waals surface area contributed by atoms with Gasteiger partial charge in [-0.3, -0.25) is 14.2 Å². The molecule has 1 amide bonds. The van der Waals surface area contributed by atoms with Crippen molar-refractivity contribution in [1.29, 1.82) is 5.26 Å². The molecule has 46 heavy (non-hydrogen) atoms. The standard InChI is InChI=1S/C32H29Cl2F3N6O3/c1-6-20(44)42-10-9-41(13-16(42)5)29-17-11-19(33)27(21-22(34)30(45)25(37)24(36)23(21)35)40-31(17)43(32(46)18(29)12-38)28-15(4)7-8-39-26(28)14(2)3/h6-8,11,14,16,26,39,45H,1,9-10,13H2,2-5H3/t16-,26?/m1/s1. The quantitative estimate of drug-likeness (QED) is 0.195. The number of allylic oxidation sites excluding steroid dienone is 2. The lowest BCUT2D eigenvalue weighted by atomic mass is 9.94. The summed E-state index contributed by atoms with van der Waals surface area (Å²) in [7, 11) is 0. The molecule has 0 aliphatic carbocycles. The number of rotatable bonds is 5. The number of phenolic OH excluding ortho intramolecular Hbond substituents is 1. The van der Waals surface area contributed by atoms with Crippen molar-refractivity contribution in [3.8, 4) is 23.1 Å². The second kappa shape index (κ2) is 12.4. The molecule has 3 aromatic rings. The summed E-state index contributed by atoms with van der Waals surface area (Å²) in [5.74, 6) is -7.30. The van der Waals surface area contributed by atoms with E-state index in [0.717, 1.165) is 0 Å². The van der Waals surface area contributed by atoms with Crippen LogP contribution in [0.25, 0.3) is 28.0 Å². The number of aromatic nitrogens is 2. The number of benzene rings is 1. The summed E-state index contributed by atoms with van der Waals surface area (Å²) in [5.41, 5.74) is -1.01. The number of hydrogen-bond donors (Lipinski definition) is 2. The molecule has 0 radical (unpaired) electrons. The summed E-state index contributed by atoms with van der Waals surface area (Å²) < 4.78 is 45.3. The van der Waals surface area contributed by atoms with E-state index in [0.29, 0.717) is 11.3 Å². The minimum atomic E-state index is -1.99. The van der Waals surface area contributed by atoms with E-state index in [2.05, 4.69) is 16.9 Å². The number of carbonyl (C=O) groups is 1. The van der Waals surface area contributed by atoms with Crippen LogP contribution in [0.2, 0.25) is 10.0 Å². The Kier molecular flexibility index (Phi) is 8.86. The number of carbonyl (C=O) groups excluding carboxylic acids is 1. The van der Waals surface area contributed by atoms with Gasteiger partial charge in [-0.2, -0.15) is 9.65 Å². The third-order valence-electron chi connectivity index (χ3n) is 8.28. The molecule has 1 saturated heterocycles. The highest BCUT2D eigenvalue weighted by molar-refractivity contribution is 6.37. The molecule has 2 aromatic heterocycles. The summed E-state index contributed by atoms with van der Waals surface area (Å²) in [6.45, 7) is 11.7. The van der Waals surface area contributed by atoms with Crippen LogP contribution in [-0.2, 0) is 4.79 Å². The normalized spacial score (nSPS) is 18.3. The molecule has 1 aromatic carbocycles. The van der Waals surface area contributed by atoms with E-state index in [4.69, 9.17) is 23.2 Å². The van der Waals surface area contributed by atoms with Gasteiger partial charge >= 0.3 is 0 Å². The van der Waals surface area contributed by atoms with Crippen molar-refractivity contribution in [1.82, 2.24) is 19.8 Å². The summed E-state index contributed by atoms with van der Waals surface area (Å²) >= 11 is 12.8. The maximum atomic E-state index is 15.3. The van der Waals surface area contributed by atoms with E-state index < -0.39 is 51.1 Å². The lowest BCUT2D eigenvalue weighted by Crippen LogP contribution is -2.54. The lowest BCUT2D eigenvalue weighted by Gasteiger charge is -2.41. The first-order valence-electron chi connectivity index (χ1n) is 14.3. The van der Waals surface area contributed by atoms with Crippen LogP contribution in [0.15, 0.2) is 41.4 Å². The van der Waals surface area contributed by atoms with Gasteiger partial charge in [-0.25, -0.2) is 13.8 Å². The first kappa shape index (κ1) is 32.9. The van der Waals surface area contributed by atoms with Crippen molar-refractivity contribution in [2.24, 2.45) is 5.92 Å². The SMILES string of the molecule is C=CC(=O)N1CCN(c2c(C#N)c(=O)n(C3=C(C)C=CNC3C(C)C)c3nc(-c4c(F)c(F)c(F)c(O)c4Cl)c(Cl)cc23)C[C@H]1C. The van der Waals surface area contributed by atoms with Gasteiger partial charge < -0.3 is 20.2 Å². The first-order valence-corrected chi connectivity index (χ1v) is 15.1. The highest BCUT2D eigenvalue weighted by Gasteiger charge is 2.34. The lowest BCUT2D eigenvalue weighted by molar-refractivity contribution is -0.128. The predicted octanol–water partition coefficient (Wildman–Crippen LogP) is 5.96. The maximum Gasteiger partial charge on any atom is 0.276 e. The number of nitrogens with zero attached hydrogens (tertiary/aromatic N) is 5. The summed E-state index contributed by atoms with van der Waals surface area (Å²) in [6.07, 6.45) is 4.68. The number of phenols is 1. The summed E-state index contributed by atoms with van der Waals surface area (Å²) in [5, 5.41) is 22.9. The largest absolute Gasteiger partial charge is 0.504 e. The molecule has 1 fully saturated rings. The van der Waals surface area contributed by atoms with Crippen molar-refractivity contribution in [3.63, 3.8) is 0 Å². The van der Waals surface area contributed by atoms with E-state index in [-0.39, 0.29) is 64.8 Å². The fraction of sp³-hybridized carbons (Fsp3) is 0.312. The number of fused-ring (bicyclic) bond motifs is 1. The number of nitriles is 1. The average molecular weight is 674 g/mol. The summed E-state index contributed by atoms with van der Waals surface area (Å²) in [4.78, 5) is 34.8. The van der Waals surface area contributed by atoms with Crippen molar-refractivity contribution < 1.29 is 23.1 Å². The number of hydrogen-bond acceptors (Lipinski definition) is 7. The molecule has 2 N–H and O–H groups in total. The molecule has 2 aliphatic heterocycles. The number of anilines is 1. The van der Waals surface area contributed by atoms with Crippen LogP contribution in [0.1, 0.15) is 33.3 Å². The van der Waals surface area contributed by atoms with Gasteiger partial charge in [0.2, 0.25) is 11.7 Å². The molecular weight excluding hydrogens is 644 g/mol. The second-order valence-corrected chi connectivity index (χ2v) is 12.3. The Hall–Kier alpha value is -4.47. The molecule has 5 rings (SSSR count). The number of aromatic hydroxyl groups is 1. The topological polar surface area (TPSA) is 114 Å². The third-order valence-corrected chi connectivity index (χ3v) is 8.94. The molecular formula is C32H29Cl2F3N6O3. The van der Waals surface area contributed by atoms with Gasteiger partial charge in [0.05, 0.1) is 38.7 Å². The average Bonchev–Trinajstić information content (AvgIpc) is 3.02. The Morgan fingerprint density at radius 3 is 2.54 bits per heavy atom. The highest BCUT2D eigenvalue weighted by atomic mass is 35.5. The molecule has 0 saturated carbocycles. The molecule has 1 unspecified atom stereocenters. The predicted molar refractivity (Wildman–Crippen MR) is 171 cm³/mol. The zero-order valence-corrected chi connectivity index (χ0v) is 26.8. The van der Waals surface area contributed by atoms with Crippen LogP contribution in [0.3, 0.4) is 0 Å². The van der Waals surface area contributed by atoms with Gasteiger partial charge in [0.1, 0.15) is 17.3 Å². The monoisotopic (exact) mass is 672 g/mol. The smallest absolute Gasteiger partial charge is 0.276 e. The van der Waals surface area contributed by atoms with Crippen LogP contribution in [0.4, 0.5) is 18.9 Å². The van der Waals surface area contributed by atoms with Gasteiger partial charge in [-0.1, -0.05) is 43.6 Å². The Labute approximate surface area is 272 Å². The molecule has 0 spiro atoms. The zero-order valence-electron chi connectivity index (χ0n) is 25.3. The van der Waals surface area contributed by atoms with E-state index in [1.54, 1.807) is 29.0 Å². The van der Waals surface area contributed by atoms with E-state index in [1.165, 1.54) is 16.7 Å². The van der Waals surface area contributed by atoms with Crippen LogP contribution in [0.5, 0.6) is 5.75 Å². The minimum Gasteiger partial charge on any atom is -0.504 e. The second-order valence-electron chi connectivity index (χ2n) is 11.5. The maximum absolute atomic E-state index is 15.3. The number of dihydropyridines is 1. The molecule has 14 heteroatoms. The van der Waals surface area contributed by atoms with E-state index in [9.17, 15) is 28.7 Å². The fourth-order valence-electron chi connectivity index (χ4n) is 6.04. The van der Waals surface area contributed by atoms with Crippen LogP contribution >= 0.6 is 23.2 Å². The Balaban J connectivity index is 1.91. The minimum absolute atomic E-state index is 0.0693. The highest BCUT2D eigenvalue weighted by Crippen LogP contribution is 2.44. The van der Waals surface area contributed by atoms with Gasteiger partial charge in [-0.15, -0.1) is 0 Å². The van der Waals surface area contributed by atoms with Crippen molar-refractivity contribution >= 4 is 51.5 Å². The molecule has 9 nitrogen and oxygen atoms in total. The molecule has 0 bridgehead atoms. The van der Waals surface area contributed by atoms with Crippen molar-refractivity contribution in [3.05, 3.63) is 80.0 Å². The molecule has 2 atom stereocenters. The number of halogens is 5. The van der Waals surface area contributed by atoms with Crippen LogP contribution < -0.4 is 15.8 Å². The molecule has 2 aliphatic rings. The van der Waals surface area contributed by atoms with E-state index >= 15 is 4.39 Å². The first-order chi connectivity index (χ1) is 21.7. The number of amides is 1. The number of pyridine rings is 2. The van der Waals surface area contributed by atoms with Crippen molar-refractivity contribution in [2.75, 3.05) is 24.5 Å². The third kappa shape index (κ3) is 5.17. The fourth-order valence-corrected chi connectivity index (χ4v) is 6.54. The van der Waals surface area contributed by atoms with E-state index in [1.807, 2.05) is 26.8 Å². The molecule has 4 heterocycles. The van der Waals surface area contributed by atoms with Crippen LogP contribution in [-0.4, -0.2) is 57.2 Å². The van der Waals surface area contributed by atoms with Gasteiger partial charge in [0.15, 0.2) is 17.4 Å². The summed E-state index contributed by atoms with van der Waals surface area (Å²) in [6, 6.07) is 2.61. The van der Waals surface area contributed by atoms with Gasteiger partial charge in [0.25, 0.3) is 5.56 Å². The number of nitrogens with one attached hydrogen (secondary N) is 1. The van der Waals surface area contributed by atoms with Gasteiger partial charge in [-0.05, 0) is 49.8 Å². The Morgan fingerprint density at radius 2 is 1.93 bits per heavy atom. The van der Waals surface area contributed by atoms with Gasteiger partial charge in [0, 0.05) is 31.1 Å².